The second-order valence-corrected chi connectivity index (χ2v) is 5.91. The van der Waals surface area contributed by atoms with Gasteiger partial charge >= 0.3 is 0 Å². The van der Waals surface area contributed by atoms with Gasteiger partial charge in [0, 0.05) is 10.9 Å². The number of halogens is 1. The van der Waals surface area contributed by atoms with Gasteiger partial charge in [0.15, 0.2) is 0 Å². The topological polar surface area (TPSA) is 37.3 Å². The van der Waals surface area contributed by atoms with Crippen molar-refractivity contribution in [3.63, 3.8) is 0 Å². The fourth-order valence-corrected chi connectivity index (χ4v) is 3.30. The summed E-state index contributed by atoms with van der Waals surface area (Å²) in [6, 6.07) is 6.18. The lowest BCUT2D eigenvalue weighted by atomic mass is 9.88. The molecule has 0 aromatic heterocycles. The van der Waals surface area contributed by atoms with E-state index >= 15 is 0 Å². The maximum Gasteiger partial charge on any atom is 0.218 e. The van der Waals surface area contributed by atoms with E-state index in [4.69, 9.17) is 0 Å². The molecule has 18 heavy (non-hydrogen) atoms. The molecule has 1 aromatic rings. The monoisotopic (exact) mass is 268 g/mol. The average Bonchev–Trinajstić information content (AvgIpc) is 2.38. The van der Waals surface area contributed by atoms with E-state index in [-0.39, 0.29) is 10.9 Å². The van der Waals surface area contributed by atoms with E-state index in [1.807, 2.05) is 6.08 Å². The van der Waals surface area contributed by atoms with Gasteiger partial charge in [0.25, 0.3) is 0 Å². The van der Waals surface area contributed by atoms with Crippen molar-refractivity contribution in [3.05, 3.63) is 41.7 Å². The number of hydrogen-bond donors (Lipinski definition) is 1. The zero-order chi connectivity index (χ0) is 13.0. The molecular weight excluding hydrogens is 250 g/mol. The van der Waals surface area contributed by atoms with E-state index in [1.54, 1.807) is 18.2 Å². The van der Waals surface area contributed by atoms with Crippen LogP contribution in [0.15, 0.2) is 30.3 Å². The molecule has 0 radical (unpaired) electrons. The van der Waals surface area contributed by atoms with Crippen molar-refractivity contribution >= 4 is 13.3 Å². The predicted octanol–water partition coefficient (Wildman–Crippen LogP) is 4.21. The van der Waals surface area contributed by atoms with Crippen LogP contribution in [0.1, 0.15) is 37.7 Å². The Hall–Kier alpha value is -0.920. The molecule has 0 amide bonds. The standard InChI is InChI=1S/C14H18FO2P/c15-13-9-5-4-8-12(13)14(18(16)17)10-11-6-2-1-3-7-11/h4-5,8-11,18H,1-3,6-7H2,(H,16,17)/b14-10-. The lowest BCUT2D eigenvalue weighted by molar-refractivity contribution is 0.420. The van der Waals surface area contributed by atoms with Gasteiger partial charge in [0.1, 0.15) is 5.82 Å². The molecule has 0 heterocycles. The summed E-state index contributed by atoms with van der Waals surface area (Å²) < 4.78 is 25.2. The first-order valence-corrected chi connectivity index (χ1v) is 7.74. The maximum atomic E-state index is 13.7. The molecule has 1 aromatic carbocycles. The molecule has 0 saturated heterocycles. The second kappa shape index (κ2) is 6.31. The van der Waals surface area contributed by atoms with Crippen LogP contribution in [0.2, 0.25) is 0 Å². The summed E-state index contributed by atoms with van der Waals surface area (Å²) in [5.74, 6) is -0.110. The summed E-state index contributed by atoms with van der Waals surface area (Å²) >= 11 is 0. The van der Waals surface area contributed by atoms with Crippen LogP contribution >= 0.6 is 8.03 Å². The molecule has 1 N–H and O–H groups in total. The highest BCUT2D eigenvalue weighted by atomic mass is 31.1. The van der Waals surface area contributed by atoms with E-state index in [2.05, 4.69) is 0 Å². The van der Waals surface area contributed by atoms with E-state index in [0.717, 1.165) is 25.7 Å². The summed E-state index contributed by atoms with van der Waals surface area (Å²) in [7, 11) is -2.88. The molecule has 2 rings (SSSR count). The van der Waals surface area contributed by atoms with E-state index in [9.17, 15) is 13.8 Å². The van der Waals surface area contributed by atoms with E-state index in [0.29, 0.717) is 5.92 Å². The third-order valence-electron chi connectivity index (χ3n) is 3.45. The van der Waals surface area contributed by atoms with Crippen molar-refractivity contribution in [2.75, 3.05) is 0 Å². The highest BCUT2D eigenvalue weighted by Gasteiger charge is 2.17. The van der Waals surface area contributed by atoms with Gasteiger partial charge in [-0.2, -0.15) is 0 Å². The Bertz CT molecular complexity index is 465. The zero-order valence-corrected chi connectivity index (χ0v) is 11.2. The van der Waals surface area contributed by atoms with Gasteiger partial charge in [-0.3, -0.25) is 4.57 Å². The van der Waals surface area contributed by atoms with Gasteiger partial charge in [-0.1, -0.05) is 43.5 Å². The van der Waals surface area contributed by atoms with Crippen LogP contribution in [0.4, 0.5) is 4.39 Å². The first kappa shape index (κ1) is 13.5. The van der Waals surface area contributed by atoms with Crippen LogP contribution in [0.5, 0.6) is 0 Å². The van der Waals surface area contributed by atoms with Crippen LogP contribution in [0.25, 0.3) is 5.31 Å². The Morgan fingerprint density at radius 3 is 2.56 bits per heavy atom. The quantitative estimate of drug-likeness (QED) is 0.833. The van der Waals surface area contributed by atoms with Crippen LogP contribution < -0.4 is 0 Å². The highest BCUT2D eigenvalue weighted by molar-refractivity contribution is 7.50. The van der Waals surface area contributed by atoms with Crippen LogP contribution in [0.3, 0.4) is 0 Å². The minimum atomic E-state index is -2.88. The first-order valence-electron chi connectivity index (χ1n) is 6.38. The van der Waals surface area contributed by atoms with Gasteiger partial charge in [-0.25, -0.2) is 4.39 Å². The zero-order valence-electron chi connectivity index (χ0n) is 10.2. The number of benzene rings is 1. The number of hydrogen-bond acceptors (Lipinski definition) is 1. The fraction of sp³-hybridized carbons (Fsp3) is 0.429. The molecule has 2 nitrogen and oxygen atoms in total. The third-order valence-corrected chi connectivity index (χ3v) is 4.34. The normalized spacial score (nSPS) is 19.8. The Morgan fingerprint density at radius 2 is 1.94 bits per heavy atom. The number of rotatable bonds is 3. The molecule has 98 valence electrons. The summed E-state index contributed by atoms with van der Waals surface area (Å²) in [6.07, 6.45) is 7.42. The molecule has 1 saturated carbocycles. The molecule has 0 spiro atoms. The lowest BCUT2D eigenvalue weighted by Crippen LogP contribution is -2.03. The van der Waals surface area contributed by atoms with Crippen LogP contribution in [0, 0.1) is 11.7 Å². The van der Waals surface area contributed by atoms with Crippen molar-refractivity contribution in [1.29, 1.82) is 0 Å². The van der Waals surface area contributed by atoms with E-state index in [1.165, 1.54) is 12.5 Å². The Kier molecular flexibility index (Phi) is 4.73. The highest BCUT2D eigenvalue weighted by Crippen LogP contribution is 2.40. The molecule has 1 fully saturated rings. The van der Waals surface area contributed by atoms with Crippen LogP contribution in [-0.4, -0.2) is 4.89 Å². The first-order chi connectivity index (χ1) is 8.68. The SMILES string of the molecule is O=[PH](O)/C(=C\C1CCCCC1)c1ccccc1F. The third kappa shape index (κ3) is 3.30. The molecule has 0 bridgehead atoms. The van der Waals surface area contributed by atoms with Crippen molar-refractivity contribution in [1.82, 2.24) is 0 Å². The average molecular weight is 268 g/mol. The lowest BCUT2D eigenvalue weighted by Gasteiger charge is -2.19. The maximum absolute atomic E-state index is 13.7. The number of allylic oxidation sites excluding steroid dienone is 1. The Balaban J connectivity index is 2.31. The largest absolute Gasteiger partial charge is 0.343 e. The van der Waals surface area contributed by atoms with Gasteiger partial charge in [0.2, 0.25) is 8.03 Å². The summed E-state index contributed by atoms with van der Waals surface area (Å²) in [6.45, 7) is 0. The predicted molar refractivity (Wildman–Crippen MR) is 72.2 cm³/mol. The Labute approximate surface area is 107 Å². The molecule has 0 aliphatic heterocycles. The molecule has 1 aliphatic carbocycles. The van der Waals surface area contributed by atoms with Crippen molar-refractivity contribution < 1.29 is 13.8 Å². The second-order valence-electron chi connectivity index (χ2n) is 4.76. The minimum Gasteiger partial charge on any atom is -0.343 e. The summed E-state index contributed by atoms with van der Waals surface area (Å²) in [4.78, 5) is 9.43. The summed E-state index contributed by atoms with van der Waals surface area (Å²) in [5, 5.41) is 0.282. The molecule has 4 heteroatoms. The fourth-order valence-electron chi connectivity index (χ4n) is 2.49. The van der Waals surface area contributed by atoms with Gasteiger partial charge < -0.3 is 4.89 Å². The molecule has 1 atom stereocenters. The van der Waals surface area contributed by atoms with Gasteiger partial charge in [0.05, 0.1) is 0 Å². The molecular formula is C14H18FO2P. The Morgan fingerprint density at radius 1 is 1.28 bits per heavy atom. The van der Waals surface area contributed by atoms with Crippen molar-refractivity contribution in [3.8, 4) is 0 Å². The van der Waals surface area contributed by atoms with Crippen LogP contribution in [-0.2, 0) is 4.57 Å². The van der Waals surface area contributed by atoms with E-state index < -0.39 is 13.8 Å². The molecule has 1 aliphatic rings. The van der Waals surface area contributed by atoms with Gasteiger partial charge in [-0.05, 0) is 24.8 Å². The molecule has 1 unspecified atom stereocenters. The van der Waals surface area contributed by atoms with Crippen molar-refractivity contribution in [2.24, 2.45) is 5.92 Å². The van der Waals surface area contributed by atoms with Crippen molar-refractivity contribution in [2.45, 2.75) is 32.1 Å². The minimum absolute atomic E-state index is 0.273. The summed E-state index contributed by atoms with van der Waals surface area (Å²) in [5.41, 5.74) is 0.273. The van der Waals surface area contributed by atoms with Gasteiger partial charge in [-0.15, -0.1) is 0 Å². The smallest absolute Gasteiger partial charge is 0.218 e.